The lowest BCUT2D eigenvalue weighted by Gasteiger charge is -2.36. The van der Waals surface area contributed by atoms with Gasteiger partial charge < -0.3 is 15.1 Å². The zero-order valence-electron chi connectivity index (χ0n) is 14.6. The van der Waals surface area contributed by atoms with Crippen LogP contribution in [0, 0.1) is 12.3 Å². The average Bonchev–Trinajstić information content (AvgIpc) is 3.21. The number of nitrogens with one attached hydrogen (secondary N) is 1. The van der Waals surface area contributed by atoms with Crippen molar-refractivity contribution in [1.82, 2.24) is 29.9 Å². The number of pyridine rings is 1. The van der Waals surface area contributed by atoms with E-state index in [0.717, 1.165) is 43.5 Å². The first-order valence-corrected chi connectivity index (χ1v) is 8.57. The third kappa shape index (κ3) is 3.37. The van der Waals surface area contributed by atoms with Crippen LogP contribution >= 0.6 is 0 Å². The van der Waals surface area contributed by atoms with Gasteiger partial charge in [-0.3, -0.25) is 9.78 Å². The van der Waals surface area contributed by atoms with E-state index in [-0.39, 0.29) is 12.5 Å². The van der Waals surface area contributed by atoms with Crippen LogP contribution in [0.4, 0.5) is 11.6 Å². The second kappa shape index (κ2) is 7.29. The highest BCUT2D eigenvalue weighted by molar-refractivity contribution is 5.94. The van der Waals surface area contributed by atoms with Crippen LogP contribution in [0.15, 0.2) is 37.1 Å². The van der Waals surface area contributed by atoms with Gasteiger partial charge in [0, 0.05) is 32.4 Å². The Labute approximate surface area is 156 Å². The molecule has 0 radical (unpaired) electrons. The first-order chi connectivity index (χ1) is 13.3. The molecule has 0 bridgehead atoms. The minimum Gasteiger partial charge on any atom is -0.353 e. The Balaban J connectivity index is 1.41. The Morgan fingerprint density at radius 1 is 1.11 bits per heavy atom. The van der Waals surface area contributed by atoms with Gasteiger partial charge in [-0.2, -0.15) is 9.61 Å². The smallest absolute Gasteiger partial charge is 0.253 e. The lowest BCUT2D eigenvalue weighted by atomic mass is 10.2. The molecule has 3 aromatic rings. The van der Waals surface area contributed by atoms with Crippen LogP contribution in [-0.4, -0.2) is 63.2 Å². The maximum absolute atomic E-state index is 11.9. The number of piperazine rings is 1. The number of carbonyl (C=O) groups excluding carboxylic acids is 1. The van der Waals surface area contributed by atoms with Crippen molar-refractivity contribution >= 4 is 23.2 Å². The molecule has 9 nitrogen and oxygen atoms in total. The molecular weight excluding hydrogens is 344 g/mol. The lowest BCUT2D eigenvalue weighted by Crippen LogP contribution is -2.47. The highest BCUT2D eigenvalue weighted by Crippen LogP contribution is 2.19. The largest absolute Gasteiger partial charge is 0.353 e. The van der Waals surface area contributed by atoms with Crippen molar-refractivity contribution < 1.29 is 4.79 Å². The molecule has 0 atom stereocenters. The number of hydrogen-bond donors (Lipinski definition) is 1. The molecule has 9 heteroatoms. The van der Waals surface area contributed by atoms with Crippen LogP contribution in [0.2, 0.25) is 0 Å². The summed E-state index contributed by atoms with van der Waals surface area (Å²) in [4.78, 5) is 29.2. The van der Waals surface area contributed by atoms with Gasteiger partial charge in [-0.15, -0.1) is 6.42 Å². The minimum absolute atomic E-state index is 0.204. The number of rotatable bonds is 4. The van der Waals surface area contributed by atoms with Gasteiger partial charge in [0.2, 0.25) is 0 Å². The van der Waals surface area contributed by atoms with Crippen molar-refractivity contribution in [3.05, 3.63) is 42.6 Å². The van der Waals surface area contributed by atoms with Gasteiger partial charge in [0.1, 0.15) is 12.1 Å². The normalized spacial score (nSPS) is 14.2. The fourth-order valence-electron chi connectivity index (χ4n) is 3.06. The van der Waals surface area contributed by atoms with E-state index >= 15 is 0 Å². The Bertz CT molecular complexity index is 983. The number of fused-ring (bicyclic) bond motifs is 1. The van der Waals surface area contributed by atoms with E-state index in [1.54, 1.807) is 29.2 Å². The van der Waals surface area contributed by atoms with E-state index in [1.807, 2.05) is 6.07 Å². The Hall–Kier alpha value is -3.67. The summed E-state index contributed by atoms with van der Waals surface area (Å²) in [6.07, 6.45) is 11.8. The van der Waals surface area contributed by atoms with Crippen molar-refractivity contribution in [2.24, 2.45) is 0 Å². The molecule has 0 spiro atoms. The lowest BCUT2D eigenvalue weighted by molar-refractivity contribution is 0.0958. The number of nitrogens with zero attached hydrogens (tertiary/aromatic N) is 7. The van der Waals surface area contributed by atoms with Gasteiger partial charge in [0.05, 0.1) is 24.5 Å². The number of amides is 1. The molecular formula is C18H18N8O. The molecule has 4 heterocycles. The van der Waals surface area contributed by atoms with Crippen molar-refractivity contribution in [1.29, 1.82) is 0 Å². The number of hydrogen-bond acceptors (Lipinski definition) is 7. The molecule has 4 rings (SSSR count). The molecule has 1 N–H and O–H groups in total. The van der Waals surface area contributed by atoms with E-state index in [9.17, 15) is 4.79 Å². The van der Waals surface area contributed by atoms with E-state index < -0.39 is 0 Å². The van der Waals surface area contributed by atoms with Crippen molar-refractivity contribution in [3.8, 4) is 12.3 Å². The molecule has 1 aliphatic heterocycles. The molecule has 3 aromatic heterocycles. The Morgan fingerprint density at radius 2 is 1.93 bits per heavy atom. The van der Waals surface area contributed by atoms with Gasteiger partial charge in [0.15, 0.2) is 11.5 Å². The number of anilines is 2. The number of aromatic nitrogens is 5. The zero-order valence-corrected chi connectivity index (χ0v) is 14.6. The SMILES string of the molecule is C#CCNC(=O)c1ccc(N2CCN(c3cncc4ncnn34)CC2)nc1. The quantitative estimate of drug-likeness (QED) is 0.663. The molecule has 136 valence electrons. The van der Waals surface area contributed by atoms with Crippen LogP contribution in [0.25, 0.3) is 5.65 Å². The van der Waals surface area contributed by atoms with Crippen LogP contribution in [0.1, 0.15) is 10.4 Å². The fourth-order valence-corrected chi connectivity index (χ4v) is 3.06. The van der Waals surface area contributed by atoms with E-state index in [0.29, 0.717) is 5.56 Å². The molecule has 0 aromatic carbocycles. The number of terminal acetylenes is 1. The summed E-state index contributed by atoms with van der Waals surface area (Å²) in [6, 6.07) is 3.63. The summed E-state index contributed by atoms with van der Waals surface area (Å²) in [7, 11) is 0. The molecule has 1 amide bonds. The van der Waals surface area contributed by atoms with Crippen LogP contribution in [0.5, 0.6) is 0 Å². The summed E-state index contributed by atoms with van der Waals surface area (Å²) < 4.78 is 1.80. The second-order valence-corrected chi connectivity index (χ2v) is 6.06. The molecule has 0 unspecified atom stereocenters. The summed E-state index contributed by atoms with van der Waals surface area (Å²) >= 11 is 0. The van der Waals surface area contributed by atoms with Gasteiger partial charge in [-0.25, -0.2) is 9.97 Å². The first kappa shape index (κ1) is 16.8. The number of carbonyl (C=O) groups is 1. The van der Waals surface area contributed by atoms with E-state index in [4.69, 9.17) is 6.42 Å². The molecule has 1 fully saturated rings. The predicted octanol–water partition coefficient (Wildman–Crippen LogP) is 0.209. The summed E-state index contributed by atoms with van der Waals surface area (Å²) in [5.41, 5.74) is 1.23. The Morgan fingerprint density at radius 3 is 2.67 bits per heavy atom. The van der Waals surface area contributed by atoms with Crippen molar-refractivity contribution in [2.75, 3.05) is 42.5 Å². The van der Waals surface area contributed by atoms with Gasteiger partial charge in [-0.1, -0.05) is 5.92 Å². The molecule has 0 aliphatic carbocycles. The zero-order chi connectivity index (χ0) is 18.6. The van der Waals surface area contributed by atoms with Crippen LogP contribution < -0.4 is 15.1 Å². The molecule has 1 saturated heterocycles. The Kier molecular flexibility index (Phi) is 4.53. The highest BCUT2D eigenvalue weighted by Gasteiger charge is 2.21. The maximum Gasteiger partial charge on any atom is 0.253 e. The van der Waals surface area contributed by atoms with Gasteiger partial charge >= 0.3 is 0 Å². The summed E-state index contributed by atoms with van der Waals surface area (Å²) in [5.74, 6) is 3.94. The maximum atomic E-state index is 11.9. The summed E-state index contributed by atoms with van der Waals surface area (Å²) in [5, 5.41) is 6.90. The minimum atomic E-state index is -0.217. The summed E-state index contributed by atoms with van der Waals surface area (Å²) in [6.45, 7) is 3.44. The topological polar surface area (TPSA) is 91.5 Å². The van der Waals surface area contributed by atoms with Crippen LogP contribution in [0.3, 0.4) is 0 Å². The first-order valence-electron chi connectivity index (χ1n) is 8.57. The van der Waals surface area contributed by atoms with Crippen molar-refractivity contribution in [2.45, 2.75) is 0 Å². The van der Waals surface area contributed by atoms with E-state index in [1.165, 1.54) is 6.33 Å². The highest BCUT2D eigenvalue weighted by atomic mass is 16.1. The average molecular weight is 362 g/mol. The van der Waals surface area contributed by atoms with E-state index in [2.05, 4.69) is 41.1 Å². The van der Waals surface area contributed by atoms with Crippen LogP contribution in [-0.2, 0) is 0 Å². The molecule has 1 aliphatic rings. The third-order valence-corrected chi connectivity index (χ3v) is 4.46. The van der Waals surface area contributed by atoms with Gasteiger partial charge in [0.25, 0.3) is 5.91 Å². The molecule has 0 saturated carbocycles. The third-order valence-electron chi connectivity index (χ3n) is 4.46. The standard InChI is InChI=1S/C18H18N8O/c1-2-5-20-18(27)14-3-4-15(21-10-14)24-6-8-25(9-7-24)17-12-19-11-16-22-13-23-26(16)17/h1,3-4,10-13H,5-9H2,(H,20,27). The molecule has 27 heavy (non-hydrogen) atoms. The second-order valence-electron chi connectivity index (χ2n) is 6.06. The van der Waals surface area contributed by atoms with Crippen molar-refractivity contribution in [3.63, 3.8) is 0 Å². The predicted molar refractivity (Wildman–Crippen MR) is 101 cm³/mol. The monoisotopic (exact) mass is 362 g/mol. The fraction of sp³-hybridized carbons (Fsp3) is 0.278. The van der Waals surface area contributed by atoms with Gasteiger partial charge in [-0.05, 0) is 12.1 Å².